The molecular weight excluding hydrogens is 388 g/mol. The van der Waals surface area contributed by atoms with Crippen LogP contribution in [-0.2, 0) is 14.4 Å². The molecule has 0 radical (unpaired) electrons. The molecule has 3 aliphatic heterocycles. The van der Waals surface area contributed by atoms with E-state index in [2.05, 4.69) is 0 Å². The van der Waals surface area contributed by atoms with Crippen molar-refractivity contribution in [2.45, 2.75) is 19.0 Å². The van der Waals surface area contributed by atoms with Crippen LogP contribution in [0.2, 0.25) is 0 Å². The van der Waals surface area contributed by atoms with Crippen molar-refractivity contribution >= 4 is 45.8 Å². The van der Waals surface area contributed by atoms with Crippen LogP contribution in [0, 0.1) is 11.8 Å². The molecule has 6 rings (SSSR count). The van der Waals surface area contributed by atoms with Crippen molar-refractivity contribution in [3.63, 3.8) is 0 Å². The molecule has 0 spiro atoms. The maximum Gasteiger partial charge on any atom is 0.240 e. The number of anilines is 2. The van der Waals surface area contributed by atoms with E-state index in [1.165, 1.54) is 11.8 Å². The summed E-state index contributed by atoms with van der Waals surface area (Å²) in [6.45, 7) is 1.52. The fraction of sp³-hybridized carbons (Fsp3) is 0.192. The number of nitrogens with zero attached hydrogens (tertiary/aromatic N) is 2. The van der Waals surface area contributed by atoms with Crippen molar-refractivity contribution in [2.75, 3.05) is 9.80 Å². The summed E-state index contributed by atoms with van der Waals surface area (Å²) in [6, 6.07) is 20.2. The SMILES string of the molecule is CC(=O)[C@@H]1[C@@H]2C(=O)N(c3cccc4ccccc34)C(=O)[C@@H]2[C@H]2C=Cc3ccccc3N21. The molecule has 0 bridgehead atoms. The Morgan fingerprint density at radius 1 is 0.806 bits per heavy atom. The summed E-state index contributed by atoms with van der Waals surface area (Å²) in [7, 11) is 0. The topological polar surface area (TPSA) is 57.7 Å². The number of fused-ring (bicyclic) bond motifs is 6. The Bertz CT molecular complexity index is 1310. The van der Waals surface area contributed by atoms with Gasteiger partial charge >= 0.3 is 0 Å². The highest BCUT2D eigenvalue weighted by atomic mass is 16.2. The predicted molar refractivity (Wildman–Crippen MR) is 120 cm³/mol. The number of Topliss-reactive ketones (excluding diaryl/α,β-unsaturated/α-hetero) is 1. The largest absolute Gasteiger partial charge is 0.353 e. The highest BCUT2D eigenvalue weighted by Crippen LogP contribution is 2.49. The van der Waals surface area contributed by atoms with Crippen LogP contribution in [0.1, 0.15) is 12.5 Å². The van der Waals surface area contributed by atoms with Gasteiger partial charge in [0.2, 0.25) is 11.8 Å². The number of hydrogen-bond donors (Lipinski definition) is 0. The normalized spacial score (nSPS) is 26.2. The van der Waals surface area contributed by atoms with Gasteiger partial charge in [0.05, 0.1) is 23.6 Å². The standard InChI is InChI=1S/C26H20N2O3/c1-15(29)24-23-22(21-14-13-17-8-3-5-11-19(17)27(21)24)25(30)28(26(23)31)20-12-6-9-16-7-2-4-10-18(16)20/h2-14,21-24H,1H3/t21-,22-,23-,24-/m1/s1. The summed E-state index contributed by atoms with van der Waals surface area (Å²) in [5, 5.41) is 1.82. The van der Waals surface area contributed by atoms with E-state index < -0.39 is 17.9 Å². The van der Waals surface area contributed by atoms with Crippen molar-refractivity contribution in [3.05, 3.63) is 78.4 Å². The van der Waals surface area contributed by atoms with Crippen LogP contribution >= 0.6 is 0 Å². The number of carbonyl (C=O) groups is 3. The van der Waals surface area contributed by atoms with E-state index in [0.717, 1.165) is 22.0 Å². The number of carbonyl (C=O) groups excluding carboxylic acids is 3. The minimum absolute atomic E-state index is 0.0940. The summed E-state index contributed by atoms with van der Waals surface area (Å²) in [5.74, 6) is -1.88. The Hall–Kier alpha value is -3.73. The van der Waals surface area contributed by atoms with Crippen molar-refractivity contribution in [2.24, 2.45) is 11.8 Å². The number of ketones is 1. The van der Waals surface area contributed by atoms with E-state index in [4.69, 9.17) is 0 Å². The molecule has 4 atom stereocenters. The van der Waals surface area contributed by atoms with Crippen LogP contribution in [0.5, 0.6) is 0 Å². The fourth-order valence-corrected chi connectivity index (χ4v) is 5.61. The molecule has 0 aromatic heterocycles. The third kappa shape index (κ3) is 2.34. The molecule has 2 saturated heterocycles. The van der Waals surface area contributed by atoms with Crippen molar-refractivity contribution in [1.29, 1.82) is 0 Å². The lowest BCUT2D eigenvalue weighted by Crippen LogP contribution is -2.48. The number of rotatable bonds is 2. The number of benzene rings is 3. The van der Waals surface area contributed by atoms with Gasteiger partial charge in [0.15, 0.2) is 5.78 Å². The molecule has 0 saturated carbocycles. The van der Waals surface area contributed by atoms with Crippen LogP contribution in [0.4, 0.5) is 11.4 Å². The Morgan fingerprint density at radius 3 is 2.32 bits per heavy atom. The Kier molecular flexibility index (Phi) is 3.72. The summed E-state index contributed by atoms with van der Waals surface area (Å²) in [4.78, 5) is 43.5. The monoisotopic (exact) mass is 408 g/mol. The van der Waals surface area contributed by atoms with Gasteiger partial charge in [-0.2, -0.15) is 0 Å². The lowest BCUT2D eigenvalue weighted by molar-refractivity contribution is -0.126. The van der Waals surface area contributed by atoms with E-state index in [0.29, 0.717) is 5.69 Å². The Morgan fingerprint density at radius 2 is 1.48 bits per heavy atom. The van der Waals surface area contributed by atoms with Gasteiger partial charge in [-0.25, -0.2) is 4.90 Å². The van der Waals surface area contributed by atoms with E-state index in [9.17, 15) is 14.4 Å². The first-order chi connectivity index (χ1) is 15.1. The molecular formula is C26H20N2O3. The van der Waals surface area contributed by atoms with Gasteiger partial charge in [-0.05, 0) is 30.0 Å². The summed E-state index contributed by atoms with van der Waals surface area (Å²) in [6.07, 6.45) is 3.97. The third-order valence-corrected chi connectivity index (χ3v) is 6.84. The summed E-state index contributed by atoms with van der Waals surface area (Å²) >= 11 is 0. The number of para-hydroxylation sites is 1. The van der Waals surface area contributed by atoms with Gasteiger partial charge < -0.3 is 4.90 Å². The van der Waals surface area contributed by atoms with Gasteiger partial charge in [-0.15, -0.1) is 0 Å². The highest BCUT2D eigenvalue weighted by Gasteiger charge is 2.63. The second-order valence-electron chi connectivity index (χ2n) is 8.43. The maximum absolute atomic E-state index is 13.7. The first kappa shape index (κ1) is 18.1. The Balaban J connectivity index is 1.50. The lowest BCUT2D eigenvalue weighted by Gasteiger charge is -2.36. The molecule has 5 heteroatoms. The number of imide groups is 1. The van der Waals surface area contributed by atoms with Gasteiger partial charge in [0, 0.05) is 11.1 Å². The van der Waals surface area contributed by atoms with E-state index in [1.807, 2.05) is 83.8 Å². The molecule has 3 aliphatic rings. The van der Waals surface area contributed by atoms with Gasteiger partial charge in [0.1, 0.15) is 6.04 Å². The van der Waals surface area contributed by atoms with E-state index >= 15 is 0 Å². The maximum atomic E-state index is 13.7. The molecule has 152 valence electrons. The second kappa shape index (κ2) is 6.38. The second-order valence-corrected chi connectivity index (χ2v) is 8.43. The first-order valence-electron chi connectivity index (χ1n) is 10.5. The zero-order valence-corrected chi connectivity index (χ0v) is 16.9. The first-order valence-corrected chi connectivity index (χ1v) is 10.5. The van der Waals surface area contributed by atoms with Gasteiger partial charge in [0.25, 0.3) is 0 Å². The van der Waals surface area contributed by atoms with Crippen LogP contribution in [0.15, 0.2) is 72.8 Å². The molecule has 3 aromatic carbocycles. The predicted octanol–water partition coefficient (Wildman–Crippen LogP) is 3.82. The molecule has 0 N–H and O–H groups in total. The quantitative estimate of drug-likeness (QED) is 0.605. The van der Waals surface area contributed by atoms with Crippen molar-refractivity contribution in [3.8, 4) is 0 Å². The highest BCUT2D eigenvalue weighted by molar-refractivity contribution is 6.27. The molecule has 0 aliphatic carbocycles. The molecule has 0 unspecified atom stereocenters. The van der Waals surface area contributed by atoms with Crippen LogP contribution < -0.4 is 9.80 Å². The molecule has 5 nitrogen and oxygen atoms in total. The minimum Gasteiger partial charge on any atom is -0.353 e. The summed E-state index contributed by atoms with van der Waals surface area (Å²) < 4.78 is 0. The van der Waals surface area contributed by atoms with Crippen LogP contribution in [0.25, 0.3) is 16.8 Å². The molecule has 3 aromatic rings. The average Bonchev–Trinajstić information content (AvgIpc) is 3.26. The van der Waals surface area contributed by atoms with Gasteiger partial charge in [-0.3, -0.25) is 14.4 Å². The van der Waals surface area contributed by atoms with Crippen molar-refractivity contribution < 1.29 is 14.4 Å². The van der Waals surface area contributed by atoms with E-state index in [1.54, 1.807) is 0 Å². The summed E-state index contributed by atoms with van der Waals surface area (Å²) in [5.41, 5.74) is 2.49. The molecule has 3 heterocycles. The van der Waals surface area contributed by atoms with E-state index in [-0.39, 0.29) is 23.6 Å². The van der Waals surface area contributed by atoms with Gasteiger partial charge in [-0.1, -0.05) is 66.7 Å². The number of amides is 2. The third-order valence-electron chi connectivity index (χ3n) is 6.84. The zero-order valence-electron chi connectivity index (χ0n) is 16.9. The minimum atomic E-state index is -0.690. The molecule has 2 amide bonds. The zero-order chi connectivity index (χ0) is 21.3. The molecule has 2 fully saturated rings. The van der Waals surface area contributed by atoms with Crippen LogP contribution in [-0.4, -0.2) is 29.7 Å². The van der Waals surface area contributed by atoms with Crippen molar-refractivity contribution in [1.82, 2.24) is 0 Å². The fourth-order valence-electron chi connectivity index (χ4n) is 5.61. The number of hydrogen-bond acceptors (Lipinski definition) is 4. The smallest absolute Gasteiger partial charge is 0.240 e. The lowest BCUT2D eigenvalue weighted by atomic mass is 9.88. The average molecular weight is 408 g/mol. The molecule has 31 heavy (non-hydrogen) atoms. The van der Waals surface area contributed by atoms with Crippen LogP contribution in [0.3, 0.4) is 0 Å². The Labute approximate surface area is 179 Å².